The number of carbonyl (C=O) groups is 1. The molecule has 0 saturated carbocycles. The van der Waals surface area contributed by atoms with Gasteiger partial charge in [-0.25, -0.2) is 4.90 Å². The van der Waals surface area contributed by atoms with Crippen LogP contribution in [0.15, 0.2) is 0 Å². The SMILES string of the molecule is O=C(O)C1CCN(C(F)F)CC1. The number of rotatable bonds is 2. The number of halogens is 2. The molecule has 0 spiro atoms. The zero-order chi connectivity index (χ0) is 9.14. The molecule has 1 heterocycles. The van der Waals surface area contributed by atoms with Crippen molar-refractivity contribution >= 4 is 5.97 Å². The van der Waals surface area contributed by atoms with Gasteiger partial charge in [0.25, 0.3) is 6.55 Å². The van der Waals surface area contributed by atoms with Crippen LogP contribution in [0.25, 0.3) is 0 Å². The second-order valence-corrected chi connectivity index (χ2v) is 2.93. The lowest BCUT2D eigenvalue weighted by Crippen LogP contribution is -2.39. The maximum Gasteiger partial charge on any atom is 0.306 e. The number of carboxylic acid groups (broad SMARTS) is 1. The zero-order valence-corrected chi connectivity index (χ0v) is 6.54. The van der Waals surface area contributed by atoms with Gasteiger partial charge >= 0.3 is 5.97 Å². The Hall–Kier alpha value is -0.710. The van der Waals surface area contributed by atoms with E-state index in [2.05, 4.69) is 0 Å². The van der Waals surface area contributed by atoms with Crippen LogP contribution in [0.2, 0.25) is 0 Å². The van der Waals surface area contributed by atoms with Crippen molar-refractivity contribution in [2.75, 3.05) is 13.1 Å². The molecule has 0 radical (unpaired) electrons. The summed E-state index contributed by atoms with van der Waals surface area (Å²) in [7, 11) is 0. The summed E-state index contributed by atoms with van der Waals surface area (Å²) in [6.45, 7) is -2.07. The number of carboxylic acids is 1. The third kappa shape index (κ3) is 2.14. The normalized spacial score (nSPS) is 21.6. The van der Waals surface area contributed by atoms with E-state index >= 15 is 0 Å². The molecule has 0 aromatic rings. The van der Waals surface area contributed by atoms with E-state index in [1.807, 2.05) is 0 Å². The molecule has 0 atom stereocenters. The first kappa shape index (κ1) is 9.38. The largest absolute Gasteiger partial charge is 0.481 e. The highest BCUT2D eigenvalue weighted by Crippen LogP contribution is 2.19. The van der Waals surface area contributed by atoms with Crippen LogP contribution in [0.5, 0.6) is 0 Å². The quantitative estimate of drug-likeness (QED) is 0.643. The fourth-order valence-electron chi connectivity index (χ4n) is 1.34. The zero-order valence-electron chi connectivity index (χ0n) is 6.54. The Morgan fingerprint density at radius 2 is 1.92 bits per heavy atom. The van der Waals surface area contributed by atoms with Crippen LogP contribution >= 0.6 is 0 Å². The first-order valence-corrected chi connectivity index (χ1v) is 3.86. The van der Waals surface area contributed by atoms with Gasteiger partial charge in [0.2, 0.25) is 0 Å². The first-order valence-electron chi connectivity index (χ1n) is 3.86. The van der Waals surface area contributed by atoms with E-state index in [1.165, 1.54) is 0 Å². The van der Waals surface area contributed by atoms with Gasteiger partial charge in [0, 0.05) is 13.1 Å². The topological polar surface area (TPSA) is 40.5 Å². The van der Waals surface area contributed by atoms with Crippen LogP contribution < -0.4 is 0 Å². The molecular formula is C7H11F2NO2. The van der Waals surface area contributed by atoms with Crippen molar-refractivity contribution in [2.45, 2.75) is 19.4 Å². The van der Waals surface area contributed by atoms with Gasteiger partial charge in [-0.1, -0.05) is 0 Å². The highest BCUT2D eigenvalue weighted by Gasteiger charge is 2.27. The van der Waals surface area contributed by atoms with Gasteiger partial charge in [-0.15, -0.1) is 0 Å². The summed E-state index contributed by atoms with van der Waals surface area (Å²) in [6.07, 6.45) is 0.666. The summed E-state index contributed by atoms with van der Waals surface area (Å²) >= 11 is 0. The summed E-state index contributed by atoms with van der Waals surface area (Å²) in [4.78, 5) is 11.4. The van der Waals surface area contributed by atoms with Gasteiger partial charge in [-0.2, -0.15) is 8.78 Å². The van der Waals surface area contributed by atoms with E-state index in [1.54, 1.807) is 0 Å². The highest BCUT2D eigenvalue weighted by molar-refractivity contribution is 5.70. The Kier molecular flexibility index (Phi) is 2.97. The predicted molar refractivity (Wildman–Crippen MR) is 37.9 cm³/mol. The molecule has 0 amide bonds. The van der Waals surface area contributed by atoms with E-state index in [9.17, 15) is 13.6 Å². The second-order valence-electron chi connectivity index (χ2n) is 2.93. The third-order valence-corrected chi connectivity index (χ3v) is 2.15. The predicted octanol–water partition coefficient (Wildman–Crippen LogP) is 1.01. The molecule has 70 valence electrons. The van der Waals surface area contributed by atoms with Crippen molar-refractivity contribution < 1.29 is 18.7 Å². The molecule has 0 aliphatic carbocycles. The molecular weight excluding hydrogens is 168 g/mol. The Labute approximate surface area is 69.0 Å². The maximum absolute atomic E-state index is 12.0. The number of alkyl halides is 2. The molecule has 0 bridgehead atoms. The molecule has 1 aliphatic heterocycles. The van der Waals surface area contributed by atoms with E-state index in [0.717, 1.165) is 4.90 Å². The standard InChI is InChI=1S/C7H11F2NO2/c8-7(9)10-3-1-5(2-4-10)6(11)12/h5,7H,1-4H2,(H,11,12). The van der Waals surface area contributed by atoms with Gasteiger partial charge in [0.15, 0.2) is 0 Å². The fraction of sp³-hybridized carbons (Fsp3) is 0.857. The Morgan fingerprint density at radius 3 is 2.25 bits per heavy atom. The number of piperidine rings is 1. The molecule has 0 aromatic carbocycles. The van der Waals surface area contributed by atoms with Crippen molar-refractivity contribution in [1.82, 2.24) is 4.90 Å². The minimum atomic E-state index is -2.44. The van der Waals surface area contributed by atoms with Gasteiger partial charge in [0.05, 0.1) is 5.92 Å². The summed E-state index contributed by atoms with van der Waals surface area (Å²) in [5.74, 6) is -1.30. The summed E-state index contributed by atoms with van der Waals surface area (Å²) in [5.41, 5.74) is 0. The van der Waals surface area contributed by atoms with Crippen molar-refractivity contribution in [3.8, 4) is 0 Å². The monoisotopic (exact) mass is 179 g/mol. The molecule has 3 nitrogen and oxygen atoms in total. The Bertz CT molecular complexity index is 167. The lowest BCUT2D eigenvalue weighted by molar-refractivity contribution is -0.145. The minimum Gasteiger partial charge on any atom is -0.481 e. The van der Waals surface area contributed by atoms with Crippen LogP contribution in [-0.4, -0.2) is 35.6 Å². The van der Waals surface area contributed by atoms with Crippen LogP contribution in [0.1, 0.15) is 12.8 Å². The summed E-state index contributed by atoms with van der Waals surface area (Å²) < 4.78 is 24.1. The number of aliphatic carboxylic acids is 1. The maximum atomic E-state index is 12.0. The number of nitrogens with zero attached hydrogens (tertiary/aromatic N) is 1. The number of likely N-dealkylation sites (tertiary alicyclic amines) is 1. The van der Waals surface area contributed by atoms with Crippen molar-refractivity contribution in [2.24, 2.45) is 5.92 Å². The molecule has 1 aliphatic rings. The van der Waals surface area contributed by atoms with Gasteiger partial charge in [0.1, 0.15) is 0 Å². The van der Waals surface area contributed by atoms with Crippen molar-refractivity contribution in [1.29, 1.82) is 0 Å². The Morgan fingerprint density at radius 1 is 1.42 bits per heavy atom. The molecule has 1 N–H and O–H groups in total. The van der Waals surface area contributed by atoms with Gasteiger partial charge in [-0.3, -0.25) is 4.79 Å². The molecule has 1 rings (SSSR count). The minimum absolute atomic E-state index is 0.189. The molecule has 5 heteroatoms. The van der Waals surface area contributed by atoms with E-state index < -0.39 is 18.4 Å². The van der Waals surface area contributed by atoms with E-state index in [0.29, 0.717) is 12.8 Å². The third-order valence-electron chi connectivity index (χ3n) is 2.15. The number of hydrogen-bond donors (Lipinski definition) is 1. The van der Waals surface area contributed by atoms with E-state index in [-0.39, 0.29) is 13.1 Å². The van der Waals surface area contributed by atoms with Crippen LogP contribution in [-0.2, 0) is 4.79 Å². The second kappa shape index (κ2) is 3.80. The average molecular weight is 179 g/mol. The lowest BCUT2D eigenvalue weighted by atomic mass is 9.98. The highest BCUT2D eigenvalue weighted by atomic mass is 19.3. The van der Waals surface area contributed by atoms with Crippen LogP contribution in [0.4, 0.5) is 8.78 Å². The molecule has 1 saturated heterocycles. The molecule has 0 unspecified atom stereocenters. The number of hydrogen-bond acceptors (Lipinski definition) is 2. The fourth-order valence-corrected chi connectivity index (χ4v) is 1.34. The van der Waals surface area contributed by atoms with Crippen molar-refractivity contribution in [3.05, 3.63) is 0 Å². The van der Waals surface area contributed by atoms with Crippen LogP contribution in [0, 0.1) is 5.92 Å². The Balaban J connectivity index is 2.34. The summed E-state index contributed by atoms with van der Waals surface area (Å²) in [5, 5.41) is 8.56. The van der Waals surface area contributed by atoms with Gasteiger partial charge < -0.3 is 5.11 Å². The van der Waals surface area contributed by atoms with Crippen LogP contribution in [0.3, 0.4) is 0 Å². The summed E-state index contributed by atoms with van der Waals surface area (Å²) in [6, 6.07) is 0. The lowest BCUT2D eigenvalue weighted by Gasteiger charge is -2.28. The average Bonchev–Trinajstić information content (AvgIpc) is 2.04. The molecule has 0 aromatic heterocycles. The van der Waals surface area contributed by atoms with Crippen molar-refractivity contribution in [3.63, 3.8) is 0 Å². The van der Waals surface area contributed by atoms with Gasteiger partial charge in [-0.05, 0) is 12.8 Å². The van der Waals surface area contributed by atoms with E-state index in [4.69, 9.17) is 5.11 Å². The molecule has 12 heavy (non-hydrogen) atoms. The molecule has 1 fully saturated rings. The first-order chi connectivity index (χ1) is 5.61. The smallest absolute Gasteiger partial charge is 0.306 e.